The fourth-order valence-electron chi connectivity index (χ4n) is 2.22. The van der Waals surface area contributed by atoms with Crippen LogP contribution in [-0.4, -0.2) is 0 Å². The lowest BCUT2D eigenvalue weighted by atomic mass is 10.1. The Morgan fingerprint density at radius 3 is 2.29 bits per heavy atom. The number of rotatable bonds is 3. The van der Waals surface area contributed by atoms with Crippen LogP contribution in [0.5, 0.6) is 0 Å². The van der Waals surface area contributed by atoms with Gasteiger partial charge in [0.25, 0.3) is 0 Å². The van der Waals surface area contributed by atoms with Crippen LogP contribution in [0.25, 0.3) is 10.8 Å². The number of hydrogen-bond donors (Lipinski definition) is 1. The Kier molecular flexibility index (Phi) is 4.41. The van der Waals surface area contributed by atoms with Crippen molar-refractivity contribution < 1.29 is 0 Å². The van der Waals surface area contributed by atoms with Crippen molar-refractivity contribution >= 4 is 45.7 Å². The van der Waals surface area contributed by atoms with Crippen LogP contribution in [0.2, 0.25) is 10.0 Å². The molecule has 0 atom stereocenters. The Bertz CT molecular complexity index is 773. The number of nitrogens with two attached hydrogens (primary N) is 1. The SMILES string of the molecule is NCc1cc(Cl)c(Sc2cccc3ccccc23)c(Cl)c1. The van der Waals surface area contributed by atoms with Gasteiger partial charge in [-0.15, -0.1) is 0 Å². The summed E-state index contributed by atoms with van der Waals surface area (Å²) >= 11 is 14.3. The van der Waals surface area contributed by atoms with E-state index < -0.39 is 0 Å². The van der Waals surface area contributed by atoms with E-state index in [0.717, 1.165) is 15.4 Å². The number of halogens is 2. The molecule has 0 bridgehead atoms. The topological polar surface area (TPSA) is 26.0 Å². The van der Waals surface area contributed by atoms with Gasteiger partial charge in [-0.3, -0.25) is 0 Å². The van der Waals surface area contributed by atoms with Gasteiger partial charge in [0.2, 0.25) is 0 Å². The molecule has 106 valence electrons. The molecule has 0 fully saturated rings. The summed E-state index contributed by atoms with van der Waals surface area (Å²) in [5.41, 5.74) is 6.58. The van der Waals surface area contributed by atoms with Crippen molar-refractivity contribution in [1.82, 2.24) is 0 Å². The van der Waals surface area contributed by atoms with Gasteiger partial charge in [-0.25, -0.2) is 0 Å². The number of benzene rings is 3. The van der Waals surface area contributed by atoms with E-state index >= 15 is 0 Å². The highest BCUT2D eigenvalue weighted by Gasteiger charge is 2.11. The summed E-state index contributed by atoms with van der Waals surface area (Å²) in [6.45, 7) is 0.429. The van der Waals surface area contributed by atoms with Crippen LogP contribution in [0.3, 0.4) is 0 Å². The molecule has 0 aliphatic heterocycles. The third kappa shape index (κ3) is 3.04. The summed E-state index contributed by atoms with van der Waals surface area (Å²) in [7, 11) is 0. The molecule has 4 heteroatoms. The third-order valence-electron chi connectivity index (χ3n) is 3.26. The summed E-state index contributed by atoms with van der Waals surface area (Å²) in [6.07, 6.45) is 0. The molecule has 0 spiro atoms. The van der Waals surface area contributed by atoms with Crippen molar-refractivity contribution in [3.8, 4) is 0 Å². The lowest BCUT2D eigenvalue weighted by Crippen LogP contribution is -1.96. The minimum absolute atomic E-state index is 0.429. The monoisotopic (exact) mass is 333 g/mol. The van der Waals surface area contributed by atoms with Gasteiger partial charge in [0.15, 0.2) is 0 Å². The van der Waals surface area contributed by atoms with Gasteiger partial charge < -0.3 is 5.73 Å². The second-order valence-corrected chi connectivity index (χ2v) is 6.54. The Hall–Kier alpha value is -1.19. The van der Waals surface area contributed by atoms with Crippen LogP contribution < -0.4 is 5.73 Å². The van der Waals surface area contributed by atoms with Gasteiger partial charge in [0.1, 0.15) is 0 Å². The van der Waals surface area contributed by atoms with Crippen LogP contribution in [0.15, 0.2) is 64.4 Å². The van der Waals surface area contributed by atoms with E-state index in [1.54, 1.807) is 11.8 Å². The molecule has 0 heterocycles. The van der Waals surface area contributed by atoms with Gasteiger partial charge in [-0.1, -0.05) is 71.4 Å². The first-order valence-electron chi connectivity index (χ1n) is 6.52. The maximum absolute atomic E-state index is 6.35. The minimum Gasteiger partial charge on any atom is -0.326 e. The standard InChI is InChI=1S/C17H13Cl2NS/c18-14-8-11(10-20)9-15(19)17(14)21-16-7-3-5-12-4-1-2-6-13(12)16/h1-9H,10,20H2. The molecule has 0 amide bonds. The van der Waals surface area contributed by atoms with Crippen molar-refractivity contribution in [2.45, 2.75) is 16.3 Å². The predicted octanol–water partition coefficient (Wildman–Crippen LogP) is 5.76. The fourth-order valence-corrected chi connectivity index (χ4v) is 3.96. The van der Waals surface area contributed by atoms with Crippen LogP contribution in [0, 0.1) is 0 Å². The first kappa shape index (κ1) is 14.7. The van der Waals surface area contributed by atoms with Crippen LogP contribution in [0.1, 0.15) is 5.56 Å². The summed E-state index contributed by atoms with van der Waals surface area (Å²) < 4.78 is 0. The second-order valence-electron chi connectivity index (χ2n) is 4.67. The van der Waals surface area contributed by atoms with E-state index in [2.05, 4.69) is 24.3 Å². The van der Waals surface area contributed by atoms with Crippen molar-refractivity contribution in [3.05, 3.63) is 70.2 Å². The largest absolute Gasteiger partial charge is 0.326 e. The molecule has 21 heavy (non-hydrogen) atoms. The first-order chi connectivity index (χ1) is 10.2. The van der Waals surface area contributed by atoms with Gasteiger partial charge in [0.05, 0.1) is 10.0 Å². The second kappa shape index (κ2) is 6.29. The van der Waals surface area contributed by atoms with E-state index in [1.165, 1.54) is 10.8 Å². The van der Waals surface area contributed by atoms with Gasteiger partial charge in [0, 0.05) is 16.3 Å². The van der Waals surface area contributed by atoms with Gasteiger partial charge in [-0.2, -0.15) is 0 Å². The zero-order chi connectivity index (χ0) is 14.8. The molecule has 3 aromatic carbocycles. The molecule has 0 aliphatic carbocycles. The molecular formula is C17H13Cl2NS. The average Bonchev–Trinajstić information content (AvgIpc) is 2.50. The molecule has 0 saturated heterocycles. The molecule has 3 rings (SSSR count). The van der Waals surface area contributed by atoms with E-state index in [4.69, 9.17) is 28.9 Å². The molecule has 0 unspecified atom stereocenters. The van der Waals surface area contributed by atoms with Crippen LogP contribution in [0.4, 0.5) is 0 Å². The maximum Gasteiger partial charge on any atom is 0.0563 e. The predicted molar refractivity (Wildman–Crippen MR) is 92.4 cm³/mol. The molecule has 1 nitrogen and oxygen atoms in total. The molecule has 0 aliphatic rings. The highest BCUT2D eigenvalue weighted by molar-refractivity contribution is 7.99. The molecule has 0 saturated carbocycles. The van der Waals surface area contributed by atoms with Crippen LogP contribution in [-0.2, 0) is 6.54 Å². The smallest absolute Gasteiger partial charge is 0.0563 e. The Balaban J connectivity index is 2.07. The van der Waals surface area contributed by atoms with Crippen LogP contribution >= 0.6 is 35.0 Å². The van der Waals surface area contributed by atoms with E-state index in [0.29, 0.717) is 16.6 Å². The lowest BCUT2D eigenvalue weighted by Gasteiger charge is -2.11. The van der Waals surface area contributed by atoms with E-state index in [9.17, 15) is 0 Å². The fraction of sp³-hybridized carbons (Fsp3) is 0.0588. The highest BCUT2D eigenvalue weighted by atomic mass is 35.5. The molecule has 0 aromatic heterocycles. The third-order valence-corrected chi connectivity index (χ3v) is 5.30. The number of hydrogen-bond acceptors (Lipinski definition) is 2. The highest BCUT2D eigenvalue weighted by Crippen LogP contribution is 2.41. The van der Waals surface area contributed by atoms with Crippen molar-refractivity contribution in [2.75, 3.05) is 0 Å². The van der Waals surface area contributed by atoms with Gasteiger partial charge in [-0.05, 0) is 34.5 Å². The zero-order valence-electron chi connectivity index (χ0n) is 11.1. The van der Waals surface area contributed by atoms with Crippen molar-refractivity contribution in [1.29, 1.82) is 0 Å². The zero-order valence-corrected chi connectivity index (χ0v) is 13.5. The summed E-state index contributed by atoms with van der Waals surface area (Å²) in [6, 6.07) is 18.2. The lowest BCUT2D eigenvalue weighted by molar-refractivity contribution is 1.07. The Morgan fingerprint density at radius 1 is 0.905 bits per heavy atom. The number of fused-ring (bicyclic) bond motifs is 1. The normalized spacial score (nSPS) is 11.0. The molecule has 0 radical (unpaired) electrons. The summed E-state index contributed by atoms with van der Waals surface area (Å²) in [5, 5.41) is 3.68. The van der Waals surface area contributed by atoms with E-state index in [1.807, 2.05) is 30.3 Å². The van der Waals surface area contributed by atoms with Gasteiger partial charge >= 0.3 is 0 Å². The minimum atomic E-state index is 0.429. The Labute approximate surface area is 138 Å². The van der Waals surface area contributed by atoms with Crippen molar-refractivity contribution in [2.24, 2.45) is 5.73 Å². The summed E-state index contributed by atoms with van der Waals surface area (Å²) in [4.78, 5) is 2.00. The van der Waals surface area contributed by atoms with E-state index in [-0.39, 0.29) is 0 Å². The average molecular weight is 334 g/mol. The molecule has 2 N–H and O–H groups in total. The molecular weight excluding hydrogens is 321 g/mol. The Morgan fingerprint density at radius 2 is 1.57 bits per heavy atom. The maximum atomic E-state index is 6.35. The first-order valence-corrected chi connectivity index (χ1v) is 8.10. The van der Waals surface area contributed by atoms with Crippen molar-refractivity contribution in [3.63, 3.8) is 0 Å². The molecule has 3 aromatic rings. The quantitative estimate of drug-likeness (QED) is 0.659. The summed E-state index contributed by atoms with van der Waals surface area (Å²) in [5.74, 6) is 0.